The minimum atomic E-state index is -3.05. The van der Waals surface area contributed by atoms with Crippen molar-refractivity contribution in [2.75, 3.05) is 25.5 Å². The van der Waals surface area contributed by atoms with Crippen LogP contribution in [-0.4, -0.2) is 72.6 Å². The molecule has 2 saturated heterocycles. The predicted octanol–water partition coefficient (Wildman–Crippen LogP) is 8.07. The molecular formula is C44H65FN2O5S. The van der Waals surface area contributed by atoms with E-state index in [9.17, 15) is 27.5 Å². The number of fused-ring (bicyclic) bond motifs is 9. The van der Waals surface area contributed by atoms with Crippen molar-refractivity contribution in [1.29, 1.82) is 0 Å². The third-order valence-electron chi connectivity index (χ3n) is 18.5. The zero-order valence-corrected chi connectivity index (χ0v) is 34.1. The number of likely N-dealkylation sites (tertiary alicyclic amines) is 1. The molecule has 2 aliphatic heterocycles. The van der Waals surface area contributed by atoms with Crippen molar-refractivity contribution in [2.24, 2.45) is 56.7 Å². The first-order valence-electron chi connectivity index (χ1n) is 20.9. The number of carbonyl (C=O) groups excluding carboxylic acids is 1. The second kappa shape index (κ2) is 12.2. The van der Waals surface area contributed by atoms with E-state index < -0.39 is 27.9 Å². The van der Waals surface area contributed by atoms with Gasteiger partial charge in [0.2, 0.25) is 5.91 Å². The number of carbonyl (C=O) groups is 2. The van der Waals surface area contributed by atoms with Crippen LogP contribution in [0.5, 0.6) is 0 Å². The first-order chi connectivity index (χ1) is 24.8. The van der Waals surface area contributed by atoms with Gasteiger partial charge in [-0.05, 0) is 153 Å². The summed E-state index contributed by atoms with van der Waals surface area (Å²) in [5.41, 5.74) is 2.96. The Morgan fingerprint density at radius 2 is 1.72 bits per heavy atom. The van der Waals surface area contributed by atoms with E-state index in [0.29, 0.717) is 55.4 Å². The summed E-state index contributed by atoms with van der Waals surface area (Å²) < 4.78 is 38.8. The highest BCUT2D eigenvalue weighted by molar-refractivity contribution is 7.92. The SMILES string of the molecule is C=C(C)[C@@H]1CC[C@]2(NCC(=O)N3C[C@@H]4C[C@@H]3CS4(=O)=O)CC[C@]3(C)[C@H](CC[C@@H]4[C@@]5(C)CC=C(C6=CC[C@](CF)(C(=O)O)CC6)C(C)(C)[C@@H]5CC[C@]43C)[C@@H]12. The molecule has 0 spiro atoms. The van der Waals surface area contributed by atoms with Gasteiger partial charge in [-0.2, -0.15) is 0 Å². The quantitative estimate of drug-likeness (QED) is 0.255. The molecule has 2 bridgehead atoms. The second-order valence-electron chi connectivity index (χ2n) is 20.8. The Bertz CT molecular complexity index is 1770. The van der Waals surface area contributed by atoms with E-state index in [0.717, 1.165) is 32.1 Å². The highest BCUT2D eigenvalue weighted by Crippen LogP contribution is 2.76. The molecule has 0 radical (unpaired) electrons. The summed E-state index contributed by atoms with van der Waals surface area (Å²) in [7, 11) is -3.05. The third-order valence-corrected chi connectivity index (χ3v) is 20.7. The summed E-state index contributed by atoms with van der Waals surface area (Å²) >= 11 is 0. The van der Waals surface area contributed by atoms with E-state index in [1.54, 1.807) is 0 Å². The lowest BCUT2D eigenvalue weighted by Crippen LogP contribution is -2.68. The van der Waals surface area contributed by atoms with Crippen LogP contribution in [0.25, 0.3) is 0 Å². The van der Waals surface area contributed by atoms with Crippen LogP contribution in [0.3, 0.4) is 0 Å². The lowest BCUT2D eigenvalue weighted by molar-refractivity contribution is -0.221. The molecule has 7 nitrogen and oxygen atoms in total. The molecule has 8 aliphatic rings. The monoisotopic (exact) mass is 752 g/mol. The molecule has 0 unspecified atom stereocenters. The molecule has 6 fully saturated rings. The Hall–Kier alpha value is -2.00. The number of nitrogens with zero attached hydrogens (tertiary/aromatic N) is 1. The fourth-order valence-electron chi connectivity index (χ4n) is 15.5. The fraction of sp³-hybridized carbons (Fsp3) is 0.818. The molecule has 6 aliphatic carbocycles. The van der Waals surface area contributed by atoms with E-state index >= 15 is 0 Å². The van der Waals surface area contributed by atoms with Gasteiger partial charge < -0.3 is 15.3 Å². The van der Waals surface area contributed by atoms with Crippen LogP contribution in [0, 0.1) is 56.7 Å². The van der Waals surface area contributed by atoms with Gasteiger partial charge in [0.25, 0.3) is 0 Å². The lowest BCUT2D eigenvalue weighted by atomic mass is 9.33. The summed E-state index contributed by atoms with van der Waals surface area (Å²) in [6, 6.07) is -0.159. The largest absolute Gasteiger partial charge is 0.481 e. The van der Waals surface area contributed by atoms with Crippen molar-refractivity contribution in [3.63, 3.8) is 0 Å². The highest BCUT2D eigenvalue weighted by Gasteiger charge is 2.70. The van der Waals surface area contributed by atoms with Gasteiger partial charge in [0.1, 0.15) is 6.67 Å². The normalized spacial score (nSPS) is 47.8. The van der Waals surface area contributed by atoms with Crippen LogP contribution in [0.4, 0.5) is 4.39 Å². The number of hydrogen-bond acceptors (Lipinski definition) is 5. The van der Waals surface area contributed by atoms with Gasteiger partial charge in [0.15, 0.2) is 9.84 Å². The minimum absolute atomic E-state index is 0.0510. The Morgan fingerprint density at radius 1 is 0.962 bits per heavy atom. The maximum atomic E-state index is 14.0. The molecule has 12 atom stereocenters. The lowest BCUT2D eigenvalue weighted by Gasteiger charge is -2.72. The van der Waals surface area contributed by atoms with Gasteiger partial charge in [-0.1, -0.05) is 58.9 Å². The molecule has 8 rings (SSSR count). The number of alkyl halides is 1. The molecule has 53 heavy (non-hydrogen) atoms. The summed E-state index contributed by atoms with van der Waals surface area (Å²) in [6.45, 7) is 19.3. The van der Waals surface area contributed by atoms with Crippen molar-refractivity contribution >= 4 is 21.7 Å². The van der Waals surface area contributed by atoms with Gasteiger partial charge in [0.05, 0.1) is 23.0 Å². The number of amides is 1. The maximum absolute atomic E-state index is 14.0. The molecule has 4 saturated carbocycles. The number of rotatable bonds is 7. The van der Waals surface area contributed by atoms with Gasteiger partial charge in [0, 0.05) is 18.1 Å². The Balaban J connectivity index is 1.05. The van der Waals surface area contributed by atoms with E-state index in [2.05, 4.69) is 65.6 Å². The molecule has 0 aromatic heterocycles. The smallest absolute Gasteiger partial charge is 0.312 e. The number of allylic oxidation sites excluding steroid dienone is 5. The van der Waals surface area contributed by atoms with E-state index in [1.807, 2.05) is 4.90 Å². The standard InChI is InChI=1S/C44H65FN2O5S/c1-27(2)31-12-19-44(46-23-36(48)47-24-30-22-29(47)25-53(30,51)52)21-20-41(6)33(37(31)44)8-9-35-40(5)15-13-32(39(3,4)34(40)14-16-42(35,41)7)28-10-17-43(26-45,18-11-28)38(49)50/h10,13,29-31,33-35,37,46H,1,8-9,11-12,14-26H2,2-7H3,(H,49,50)/t29-,30+,31+,33-,34+,35-,37-,40+,41-,42-,43+,44+/m1/s1. The Morgan fingerprint density at radius 3 is 2.32 bits per heavy atom. The fourth-order valence-corrected chi connectivity index (χ4v) is 17.5. The van der Waals surface area contributed by atoms with Crippen molar-refractivity contribution in [1.82, 2.24) is 10.2 Å². The number of aliphatic carboxylic acids is 1. The average Bonchev–Trinajstić information content (AvgIpc) is 3.78. The third kappa shape index (κ3) is 5.19. The van der Waals surface area contributed by atoms with Crippen LogP contribution in [0.2, 0.25) is 0 Å². The van der Waals surface area contributed by atoms with Crippen LogP contribution in [0.1, 0.15) is 125 Å². The van der Waals surface area contributed by atoms with Crippen LogP contribution in [-0.2, 0) is 19.4 Å². The average molecular weight is 753 g/mol. The van der Waals surface area contributed by atoms with Crippen molar-refractivity contribution in [3.05, 3.63) is 35.5 Å². The van der Waals surface area contributed by atoms with Crippen LogP contribution < -0.4 is 5.32 Å². The Labute approximate surface area is 318 Å². The highest BCUT2D eigenvalue weighted by atomic mass is 32.2. The minimum Gasteiger partial charge on any atom is -0.481 e. The number of halogens is 1. The number of nitrogens with one attached hydrogen (secondary N) is 1. The number of carboxylic acid groups (broad SMARTS) is 1. The summed E-state index contributed by atoms with van der Waals surface area (Å²) in [4.78, 5) is 27.5. The molecule has 2 heterocycles. The zero-order chi connectivity index (χ0) is 38.1. The number of carboxylic acids is 1. The molecule has 1 amide bonds. The number of sulfone groups is 1. The molecule has 294 valence electrons. The molecule has 0 aromatic rings. The maximum Gasteiger partial charge on any atom is 0.312 e. The van der Waals surface area contributed by atoms with E-state index in [1.165, 1.54) is 42.4 Å². The topological polar surface area (TPSA) is 104 Å². The van der Waals surface area contributed by atoms with Gasteiger partial charge >= 0.3 is 5.97 Å². The van der Waals surface area contributed by atoms with Crippen molar-refractivity contribution < 1.29 is 27.5 Å². The van der Waals surface area contributed by atoms with E-state index in [-0.39, 0.29) is 63.1 Å². The van der Waals surface area contributed by atoms with Crippen LogP contribution in [0.15, 0.2) is 35.5 Å². The van der Waals surface area contributed by atoms with Crippen molar-refractivity contribution in [2.45, 2.75) is 142 Å². The van der Waals surface area contributed by atoms with Crippen molar-refractivity contribution in [3.8, 4) is 0 Å². The summed E-state index contributed by atoms with van der Waals surface area (Å²) in [5.74, 6) is 1.68. The molecular weight excluding hydrogens is 688 g/mol. The van der Waals surface area contributed by atoms with Gasteiger partial charge in [-0.3, -0.25) is 9.59 Å². The molecule has 2 N–H and O–H groups in total. The van der Waals surface area contributed by atoms with E-state index in [4.69, 9.17) is 0 Å². The summed E-state index contributed by atoms with van der Waals surface area (Å²) in [6.07, 6.45) is 16.6. The Kier molecular flexibility index (Phi) is 8.76. The zero-order valence-electron chi connectivity index (χ0n) is 33.2. The first kappa shape index (κ1) is 37.9. The molecule has 0 aromatic carbocycles. The first-order valence-corrected chi connectivity index (χ1v) is 22.6. The summed E-state index contributed by atoms with van der Waals surface area (Å²) in [5, 5.41) is 13.4. The molecule has 9 heteroatoms. The number of hydrogen-bond donors (Lipinski definition) is 2. The van der Waals surface area contributed by atoms with Gasteiger partial charge in [-0.15, -0.1) is 0 Å². The second-order valence-corrected chi connectivity index (χ2v) is 23.1. The van der Waals surface area contributed by atoms with Crippen LogP contribution >= 0.6 is 0 Å². The van der Waals surface area contributed by atoms with Gasteiger partial charge in [-0.25, -0.2) is 12.8 Å². The predicted molar refractivity (Wildman–Crippen MR) is 206 cm³/mol.